The fraction of sp³-hybridized carbons (Fsp3) is 0.353. The van der Waals surface area contributed by atoms with Gasteiger partial charge in [-0.3, -0.25) is 9.97 Å². The third-order valence-corrected chi connectivity index (χ3v) is 3.74. The molecule has 0 amide bonds. The molecule has 3 rings (SSSR count). The summed E-state index contributed by atoms with van der Waals surface area (Å²) in [6.45, 7) is 6.74. The molecule has 0 aliphatic carbocycles. The molecule has 0 spiro atoms. The van der Waals surface area contributed by atoms with Crippen LogP contribution in [-0.2, 0) is 6.42 Å². The molecule has 0 aromatic carbocycles. The molecule has 0 atom stereocenters. The van der Waals surface area contributed by atoms with E-state index in [9.17, 15) is 0 Å². The second-order valence-corrected chi connectivity index (χ2v) is 5.87. The molecule has 0 saturated carbocycles. The Morgan fingerprint density at radius 2 is 1.88 bits per heavy atom. The highest BCUT2D eigenvalue weighted by atomic mass is 15.4. The topological polar surface area (TPSA) is 72.6 Å². The van der Waals surface area contributed by atoms with Crippen LogP contribution in [0.2, 0.25) is 0 Å². The first-order chi connectivity index (χ1) is 11.5. The summed E-state index contributed by atoms with van der Waals surface area (Å²) in [5.74, 6) is 1.47. The maximum atomic E-state index is 4.67. The van der Waals surface area contributed by atoms with Gasteiger partial charge in [0.15, 0.2) is 0 Å². The van der Waals surface area contributed by atoms with Gasteiger partial charge in [0.25, 0.3) is 5.95 Å². The zero-order chi connectivity index (χ0) is 17.1. The second kappa shape index (κ2) is 6.74. The fourth-order valence-electron chi connectivity index (χ4n) is 2.51. The third-order valence-electron chi connectivity index (χ3n) is 3.74. The quantitative estimate of drug-likeness (QED) is 0.715. The first-order valence-electron chi connectivity index (χ1n) is 7.88. The van der Waals surface area contributed by atoms with Crippen molar-refractivity contribution in [3.63, 3.8) is 0 Å². The number of anilines is 1. The molecule has 0 N–H and O–H groups in total. The van der Waals surface area contributed by atoms with E-state index in [1.807, 2.05) is 40.0 Å². The molecule has 124 valence electrons. The summed E-state index contributed by atoms with van der Waals surface area (Å²) >= 11 is 0. The van der Waals surface area contributed by atoms with Gasteiger partial charge < -0.3 is 4.90 Å². The van der Waals surface area contributed by atoms with Crippen LogP contribution in [-0.4, -0.2) is 43.3 Å². The average Bonchev–Trinajstić information content (AvgIpc) is 2.91. The molecule has 0 saturated heterocycles. The number of aryl methyl sites for hydroxylation is 3. The van der Waals surface area contributed by atoms with E-state index in [2.05, 4.69) is 29.9 Å². The van der Waals surface area contributed by atoms with Gasteiger partial charge in [-0.25, -0.2) is 9.67 Å². The summed E-state index contributed by atoms with van der Waals surface area (Å²) < 4.78 is 1.78. The van der Waals surface area contributed by atoms with Crippen LogP contribution in [0.5, 0.6) is 0 Å². The molecule has 0 fully saturated rings. The van der Waals surface area contributed by atoms with E-state index in [-0.39, 0.29) is 0 Å². The highest BCUT2D eigenvalue weighted by Crippen LogP contribution is 2.15. The van der Waals surface area contributed by atoms with Crippen LogP contribution in [0.1, 0.15) is 22.8 Å². The Balaban J connectivity index is 1.81. The summed E-state index contributed by atoms with van der Waals surface area (Å²) in [6.07, 6.45) is 6.00. The Morgan fingerprint density at radius 3 is 2.54 bits per heavy atom. The molecule has 3 aromatic rings. The van der Waals surface area contributed by atoms with Crippen molar-refractivity contribution in [2.45, 2.75) is 27.2 Å². The van der Waals surface area contributed by atoms with Crippen molar-refractivity contribution in [3.8, 4) is 5.95 Å². The number of hydrogen-bond donors (Lipinski definition) is 0. The van der Waals surface area contributed by atoms with Crippen LogP contribution in [0.3, 0.4) is 0 Å². The molecular weight excluding hydrogens is 302 g/mol. The van der Waals surface area contributed by atoms with Gasteiger partial charge in [0.2, 0.25) is 0 Å². The van der Waals surface area contributed by atoms with Crippen molar-refractivity contribution in [1.82, 2.24) is 29.7 Å². The minimum absolute atomic E-state index is 0.599. The zero-order valence-corrected chi connectivity index (χ0v) is 14.4. The van der Waals surface area contributed by atoms with Crippen LogP contribution in [0.15, 0.2) is 30.7 Å². The molecule has 3 heterocycles. The van der Waals surface area contributed by atoms with Crippen LogP contribution < -0.4 is 4.90 Å². The summed E-state index contributed by atoms with van der Waals surface area (Å²) in [6, 6.07) is 4.00. The second-order valence-electron chi connectivity index (χ2n) is 5.87. The van der Waals surface area contributed by atoms with Crippen molar-refractivity contribution in [1.29, 1.82) is 0 Å². The van der Waals surface area contributed by atoms with Crippen molar-refractivity contribution >= 4 is 5.82 Å². The Morgan fingerprint density at radius 1 is 1.04 bits per heavy atom. The molecular formula is C17H21N7. The highest BCUT2D eigenvalue weighted by molar-refractivity contribution is 5.41. The Labute approximate surface area is 141 Å². The molecule has 3 aromatic heterocycles. The largest absolute Gasteiger partial charge is 0.359 e. The number of rotatable bonds is 5. The minimum Gasteiger partial charge on any atom is -0.359 e. The maximum Gasteiger partial charge on any atom is 0.252 e. The number of nitrogens with zero attached hydrogens (tertiary/aromatic N) is 7. The normalized spacial score (nSPS) is 10.8. The summed E-state index contributed by atoms with van der Waals surface area (Å²) in [4.78, 5) is 19.7. The van der Waals surface area contributed by atoms with E-state index in [4.69, 9.17) is 0 Å². The van der Waals surface area contributed by atoms with Gasteiger partial charge in [0, 0.05) is 56.1 Å². The van der Waals surface area contributed by atoms with Crippen molar-refractivity contribution in [3.05, 3.63) is 53.5 Å². The molecule has 7 heteroatoms. The predicted octanol–water partition coefficient (Wildman–Crippen LogP) is 2.06. The van der Waals surface area contributed by atoms with Gasteiger partial charge in [0.1, 0.15) is 5.82 Å². The van der Waals surface area contributed by atoms with Gasteiger partial charge in [-0.2, -0.15) is 10.1 Å². The van der Waals surface area contributed by atoms with E-state index < -0.39 is 0 Å². The smallest absolute Gasteiger partial charge is 0.252 e. The van der Waals surface area contributed by atoms with Crippen LogP contribution in [0, 0.1) is 20.8 Å². The van der Waals surface area contributed by atoms with Gasteiger partial charge in [-0.1, -0.05) is 0 Å². The third kappa shape index (κ3) is 3.56. The van der Waals surface area contributed by atoms with E-state index in [1.165, 1.54) is 0 Å². The fourth-order valence-corrected chi connectivity index (χ4v) is 2.51. The number of likely N-dealkylation sites (N-methyl/N-ethyl adjacent to an activating group) is 1. The molecule has 0 bridgehead atoms. The first-order valence-corrected chi connectivity index (χ1v) is 7.88. The summed E-state index contributed by atoms with van der Waals surface area (Å²) in [5.41, 5.74) is 3.85. The van der Waals surface area contributed by atoms with Crippen LogP contribution >= 0.6 is 0 Å². The van der Waals surface area contributed by atoms with Gasteiger partial charge in [-0.15, -0.1) is 0 Å². The minimum atomic E-state index is 0.599. The maximum absolute atomic E-state index is 4.67. The Hall–Kier alpha value is -2.83. The van der Waals surface area contributed by atoms with Crippen molar-refractivity contribution < 1.29 is 0 Å². The standard InChI is InChI=1S/C17H21N7/c1-12-10-16(23(4)8-5-15-11-18-6-7-19-15)21-17(20-12)24-14(3)9-13(2)22-24/h6-7,9-11H,5,8H2,1-4H3. The Bertz CT molecular complexity index is 826. The van der Waals surface area contributed by atoms with Crippen LogP contribution in [0.25, 0.3) is 5.95 Å². The molecule has 0 radical (unpaired) electrons. The lowest BCUT2D eigenvalue weighted by molar-refractivity contribution is 0.756. The lowest BCUT2D eigenvalue weighted by atomic mass is 10.3. The molecule has 0 aliphatic heterocycles. The van der Waals surface area contributed by atoms with Crippen molar-refractivity contribution in [2.24, 2.45) is 0 Å². The summed E-state index contributed by atoms with van der Waals surface area (Å²) in [5, 5.41) is 4.47. The number of hydrogen-bond acceptors (Lipinski definition) is 6. The zero-order valence-electron chi connectivity index (χ0n) is 14.4. The predicted molar refractivity (Wildman–Crippen MR) is 92.4 cm³/mol. The van der Waals surface area contributed by atoms with Gasteiger partial charge in [-0.05, 0) is 26.8 Å². The first kappa shape index (κ1) is 16.0. The SMILES string of the molecule is Cc1cc(N(C)CCc2cnccn2)nc(-n2nc(C)cc2C)n1. The lowest BCUT2D eigenvalue weighted by Crippen LogP contribution is -2.23. The highest BCUT2D eigenvalue weighted by Gasteiger charge is 2.11. The molecule has 0 aliphatic rings. The van der Waals surface area contributed by atoms with Crippen molar-refractivity contribution in [2.75, 3.05) is 18.5 Å². The lowest BCUT2D eigenvalue weighted by Gasteiger charge is -2.19. The van der Waals surface area contributed by atoms with Crippen LogP contribution in [0.4, 0.5) is 5.82 Å². The van der Waals surface area contributed by atoms with E-state index in [0.29, 0.717) is 5.95 Å². The van der Waals surface area contributed by atoms with E-state index in [1.54, 1.807) is 23.3 Å². The summed E-state index contributed by atoms with van der Waals surface area (Å²) in [7, 11) is 2.02. The average molecular weight is 323 g/mol. The molecule has 0 unspecified atom stereocenters. The molecule has 24 heavy (non-hydrogen) atoms. The molecule has 7 nitrogen and oxygen atoms in total. The van der Waals surface area contributed by atoms with E-state index >= 15 is 0 Å². The van der Waals surface area contributed by atoms with Gasteiger partial charge >= 0.3 is 0 Å². The monoisotopic (exact) mass is 323 g/mol. The van der Waals surface area contributed by atoms with Gasteiger partial charge in [0.05, 0.1) is 11.4 Å². The Kier molecular flexibility index (Phi) is 4.50. The van der Waals surface area contributed by atoms with E-state index in [0.717, 1.165) is 41.6 Å². The number of aromatic nitrogens is 6.